The molecule has 1 amide bonds. The molecule has 0 saturated carbocycles. The highest BCUT2D eigenvalue weighted by molar-refractivity contribution is 5.97. The first kappa shape index (κ1) is 17.7. The Morgan fingerprint density at radius 2 is 1.86 bits per heavy atom. The molecule has 0 atom stereocenters. The van der Waals surface area contributed by atoms with Gasteiger partial charge in [-0.2, -0.15) is 0 Å². The molecule has 1 aromatic carbocycles. The van der Waals surface area contributed by atoms with E-state index in [4.69, 9.17) is 9.84 Å². The summed E-state index contributed by atoms with van der Waals surface area (Å²) in [6.07, 6.45) is 1.21. The summed E-state index contributed by atoms with van der Waals surface area (Å²) < 4.78 is 9.63. The van der Waals surface area contributed by atoms with Crippen molar-refractivity contribution < 1.29 is 24.2 Å². The number of carbonyl (C=O) groups excluding carboxylic acids is 2. The van der Waals surface area contributed by atoms with E-state index in [0.29, 0.717) is 6.54 Å². The van der Waals surface area contributed by atoms with Gasteiger partial charge in [-0.3, -0.25) is 4.79 Å². The molecule has 6 nitrogen and oxygen atoms in total. The molecule has 0 spiro atoms. The summed E-state index contributed by atoms with van der Waals surface area (Å²) in [4.78, 5) is 25.0. The molecule has 1 aromatic rings. The average molecular weight is 307 g/mol. The fourth-order valence-corrected chi connectivity index (χ4v) is 1.84. The normalized spacial score (nSPS) is 11.0. The molecule has 1 rings (SSSR count). The number of hydrogen-bond donors (Lipinski definition) is 1. The number of nitrogens with zero attached hydrogens (tertiary/aromatic N) is 1. The van der Waals surface area contributed by atoms with Crippen molar-refractivity contribution in [1.82, 2.24) is 4.90 Å². The number of benzene rings is 1. The van der Waals surface area contributed by atoms with E-state index in [-0.39, 0.29) is 24.6 Å². The van der Waals surface area contributed by atoms with E-state index in [2.05, 4.69) is 4.74 Å². The topological polar surface area (TPSA) is 76.1 Å². The summed E-state index contributed by atoms with van der Waals surface area (Å²) in [5, 5.41) is 9.11. The van der Waals surface area contributed by atoms with Gasteiger partial charge in [0.25, 0.3) is 0 Å². The monoisotopic (exact) mass is 307 g/mol. The molecule has 6 heteroatoms. The lowest BCUT2D eigenvalue weighted by atomic mass is 10.2. The molecular formula is C16H21NO5. The standard InChI is InChI=1S/C16H21NO5/c1-12(16(20)22-3)10-15(19)17(8-9-18)11-13-4-6-14(21-2)7-5-13/h4-7,10,18H,8-9,11H2,1-3H3/b12-10+. The fourth-order valence-electron chi connectivity index (χ4n) is 1.84. The Labute approximate surface area is 129 Å². The van der Waals surface area contributed by atoms with Gasteiger partial charge in [-0.25, -0.2) is 4.79 Å². The number of esters is 1. The second-order valence-corrected chi connectivity index (χ2v) is 4.65. The number of ether oxygens (including phenoxy) is 2. The minimum absolute atomic E-state index is 0.160. The first-order valence-corrected chi connectivity index (χ1v) is 6.81. The van der Waals surface area contributed by atoms with Crippen LogP contribution in [0.3, 0.4) is 0 Å². The van der Waals surface area contributed by atoms with Gasteiger partial charge in [0.05, 0.1) is 20.8 Å². The summed E-state index contributed by atoms with van der Waals surface area (Å²) in [7, 11) is 2.84. The maximum Gasteiger partial charge on any atom is 0.333 e. The van der Waals surface area contributed by atoms with Gasteiger partial charge >= 0.3 is 5.97 Å². The number of hydrogen-bond acceptors (Lipinski definition) is 5. The third-order valence-corrected chi connectivity index (χ3v) is 3.06. The van der Waals surface area contributed by atoms with Crippen LogP contribution in [0.2, 0.25) is 0 Å². The largest absolute Gasteiger partial charge is 0.497 e. The SMILES string of the molecule is COC(=O)/C(C)=C/C(=O)N(CCO)Cc1ccc(OC)cc1. The predicted molar refractivity (Wildman–Crippen MR) is 81.3 cm³/mol. The molecule has 0 unspecified atom stereocenters. The highest BCUT2D eigenvalue weighted by Crippen LogP contribution is 2.13. The van der Waals surface area contributed by atoms with Crippen molar-refractivity contribution >= 4 is 11.9 Å². The quantitative estimate of drug-likeness (QED) is 0.604. The maximum atomic E-state index is 12.2. The van der Waals surface area contributed by atoms with Gasteiger partial charge in [-0.15, -0.1) is 0 Å². The number of aliphatic hydroxyl groups is 1. The first-order chi connectivity index (χ1) is 10.5. The van der Waals surface area contributed by atoms with Crippen molar-refractivity contribution in [2.45, 2.75) is 13.5 Å². The summed E-state index contributed by atoms with van der Waals surface area (Å²) in [5.41, 5.74) is 1.11. The fraction of sp³-hybridized carbons (Fsp3) is 0.375. The minimum Gasteiger partial charge on any atom is -0.497 e. The van der Waals surface area contributed by atoms with Gasteiger partial charge in [0.15, 0.2) is 0 Å². The van der Waals surface area contributed by atoms with Crippen LogP contribution in [0, 0.1) is 0 Å². The van der Waals surface area contributed by atoms with E-state index in [9.17, 15) is 9.59 Å². The van der Waals surface area contributed by atoms with Crippen molar-refractivity contribution in [3.63, 3.8) is 0 Å². The van der Waals surface area contributed by atoms with Crippen LogP contribution >= 0.6 is 0 Å². The number of methoxy groups -OCH3 is 2. The van der Waals surface area contributed by atoms with Crippen LogP contribution in [0.25, 0.3) is 0 Å². The Balaban J connectivity index is 2.83. The number of amides is 1. The van der Waals surface area contributed by atoms with Crippen molar-refractivity contribution in [2.75, 3.05) is 27.4 Å². The first-order valence-electron chi connectivity index (χ1n) is 6.81. The third kappa shape index (κ3) is 5.21. The van der Waals surface area contributed by atoms with Crippen molar-refractivity contribution in [3.8, 4) is 5.75 Å². The van der Waals surface area contributed by atoms with E-state index in [0.717, 1.165) is 11.3 Å². The van der Waals surface area contributed by atoms with Crippen LogP contribution in [-0.2, 0) is 20.9 Å². The molecule has 0 saturated heterocycles. The molecule has 0 heterocycles. The minimum atomic E-state index is -0.554. The second kappa shape index (κ2) is 8.84. The van der Waals surface area contributed by atoms with E-state index >= 15 is 0 Å². The molecule has 0 fully saturated rings. The Kier molecular flexibility index (Phi) is 7.12. The molecule has 0 radical (unpaired) electrons. The zero-order valence-corrected chi connectivity index (χ0v) is 13.0. The van der Waals surface area contributed by atoms with Crippen LogP contribution in [0.5, 0.6) is 5.75 Å². The molecule has 0 aliphatic carbocycles. The lowest BCUT2D eigenvalue weighted by Crippen LogP contribution is -2.32. The Hall–Kier alpha value is -2.34. The van der Waals surface area contributed by atoms with E-state index < -0.39 is 5.97 Å². The smallest absolute Gasteiger partial charge is 0.333 e. The molecule has 120 valence electrons. The van der Waals surface area contributed by atoms with Crippen molar-refractivity contribution in [2.24, 2.45) is 0 Å². The van der Waals surface area contributed by atoms with E-state index in [1.165, 1.54) is 25.0 Å². The predicted octanol–water partition coefficient (Wildman–Crippen LogP) is 1.14. The van der Waals surface area contributed by atoms with Gasteiger partial charge in [-0.05, 0) is 24.6 Å². The number of aliphatic hydroxyl groups excluding tert-OH is 1. The zero-order valence-electron chi connectivity index (χ0n) is 13.0. The van der Waals surface area contributed by atoms with Gasteiger partial charge in [0.1, 0.15) is 5.75 Å². The molecule has 0 aromatic heterocycles. The van der Waals surface area contributed by atoms with Crippen LogP contribution in [0.4, 0.5) is 0 Å². The molecule has 22 heavy (non-hydrogen) atoms. The Bertz CT molecular complexity index is 536. The van der Waals surface area contributed by atoms with Crippen molar-refractivity contribution in [3.05, 3.63) is 41.5 Å². The van der Waals surface area contributed by atoms with Gasteiger partial charge in [0, 0.05) is 24.7 Å². The Morgan fingerprint density at radius 3 is 2.36 bits per heavy atom. The molecular weight excluding hydrogens is 286 g/mol. The Morgan fingerprint density at radius 1 is 1.23 bits per heavy atom. The van der Waals surface area contributed by atoms with Crippen LogP contribution in [-0.4, -0.2) is 49.3 Å². The molecule has 0 aliphatic rings. The number of carbonyl (C=O) groups is 2. The average Bonchev–Trinajstić information content (AvgIpc) is 2.54. The van der Waals surface area contributed by atoms with Gasteiger partial charge in [0.2, 0.25) is 5.91 Å². The van der Waals surface area contributed by atoms with Gasteiger partial charge < -0.3 is 19.5 Å². The summed E-state index contributed by atoms with van der Waals surface area (Å²) >= 11 is 0. The number of rotatable bonds is 7. The maximum absolute atomic E-state index is 12.2. The highest BCUT2D eigenvalue weighted by Gasteiger charge is 2.14. The summed E-state index contributed by atoms with van der Waals surface area (Å²) in [6.45, 7) is 1.85. The van der Waals surface area contributed by atoms with Crippen molar-refractivity contribution in [1.29, 1.82) is 0 Å². The van der Waals surface area contributed by atoms with Crippen LogP contribution < -0.4 is 4.74 Å². The van der Waals surface area contributed by atoms with Crippen LogP contribution in [0.1, 0.15) is 12.5 Å². The molecule has 1 N–H and O–H groups in total. The zero-order chi connectivity index (χ0) is 16.5. The molecule has 0 bridgehead atoms. The highest BCUT2D eigenvalue weighted by atomic mass is 16.5. The lowest BCUT2D eigenvalue weighted by Gasteiger charge is -2.20. The third-order valence-electron chi connectivity index (χ3n) is 3.06. The van der Waals surface area contributed by atoms with Crippen LogP contribution in [0.15, 0.2) is 35.9 Å². The molecule has 0 aliphatic heterocycles. The lowest BCUT2D eigenvalue weighted by molar-refractivity contribution is -0.136. The summed E-state index contributed by atoms with van der Waals surface area (Å²) in [5.74, 6) is -0.181. The van der Waals surface area contributed by atoms with Gasteiger partial charge in [-0.1, -0.05) is 12.1 Å². The summed E-state index contributed by atoms with van der Waals surface area (Å²) in [6, 6.07) is 7.28. The van der Waals surface area contributed by atoms with E-state index in [1.807, 2.05) is 12.1 Å². The van der Waals surface area contributed by atoms with E-state index in [1.54, 1.807) is 19.2 Å². The second-order valence-electron chi connectivity index (χ2n) is 4.65.